The maximum absolute atomic E-state index is 12.6. The van der Waals surface area contributed by atoms with Crippen molar-refractivity contribution in [3.05, 3.63) is 36.0 Å². The zero-order valence-electron chi connectivity index (χ0n) is 22.2. The van der Waals surface area contributed by atoms with Crippen LogP contribution in [0.1, 0.15) is 84.9 Å². The van der Waals surface area contributed by atoms with E-state index in [1.165, 1.54) is 16.6 Å². The Morgan fingerprint density at radius 1 is 0.771 bits per heavy atom. The number of para-hydroxylation sites is 1. The van der Waals surface area contributed by atoms with E-state index in [0.717, 1.165) is 25.7 Å². The Hall–Kier alpha value is -2.70. The predicted molar refractivity (Wildman–Crippen MR) is 138 cm³/mol. The third-order valence-corrected chi connectivity index (χ3v) is 6.82. The Morgan fingerprint density at radius 3 is 1.77 bits per heavy atom. The second-order valence-corrected chi connectivity index (χ2v) is 11.9. The molecule has 35 heavy (non-hydrogen) atoms. The zero-order valence-corrected chi connectivity index (χ0v) is 22.2. The van der Waals surface area contributed by atoms with E-state index in [0.29, 0.717) is 38.1 Å². The number of amides is 2. The molecule has 7 heteroatoms. The van der Waals surface area contributed by atoms with E-state index >= 15 is 0 Å². The van der Waals surface area contributed by atoms with Gasteiger partial charge >= 0.3 is 12.2 Å². The molecule has 0 saturated carbocycles. The third kappa shape index (κ3) is 6.11. The van der Waals surface area contributed by atoms with Crippen molar-refractivity contribution in [1.29, 1.82) is 0 Å². The molecule has 0 bridgehead atoms. The fourth-order valence-electron chi connectivity index (χ4n) is 5.24. The second-order valence-electron chi connectivity index (χ2n) is 11.9. The number of ether oxygens (including phenoxy) is 2. The molecule has 2 fully saturated rings. The van der Waals surface area contributed by atoms with Crippen LogP contribution in [0.2, 0.25) is 0 Å². The number of carbonyl (C=O) groups is 2. The number of rotatable bonds is 2. The topological polar surface area (TPSA) is 64.0 Å². The van der Waals surface area contributed by atoms with Gasteiger partial charge in [0.2, 0.25) is 0 Å². The molecule has 7 nitrogen and oxygen atoms in total. The van der Waals surface area contributed by atoms with Crippen LogP contribution in [0.5, 0.6) is 0 Å². The SMILES string of the molecule is CC(C)(C)OC(=O)N1CCC(c2cc3ccccc3n2C2CCN(C(=O)OC(C)(C)C)CC2)CC1. The Morgan fingerprint density at radius 2 is 1.26 bits per heavy atom. The van der Waals surface area contributed by atoms with Crippen molar-refractivity contribution in [2.24, 2.45) is 0 Å². The predicted octanol–water partition coefficient (Wildman–Crippen LogP) is 6.33. The maximum Gasteiger partial charge on any atom is 0.410 e. The van der Waals surface area contributed by atoms with Gasteiger partial charge in [-0.25, -0.2) is 9.59 Å². The number of hydrogen-bond donors (Lipinski definition) is 0. The van der Waals surface area contributed by atoms with E-state index in [9.17, 15) is 9.59 Å². The van der Waals surface area contributed by atoms with Gasteiger partial charge in [-0.3, -0.25) is 0 Å². The molecule has 3 heterocycles. The van der Waals surface area contributed by atoms with E-state index in [1.54, 1.807) is 0 Å². The van der Waals surface area contributed by atoms with Crippen molar-refractivity contribution < 1.29 is 19.1 Å². The molecule has 1 aromatic carbocycles. The molecular formula is C28H41N3O4. The molecule has 2 saturated heterocycles. The average Bonchev–Trinajstić information content (AvgIpc) is 3.16. The van der Waals surface area contributed by atoms with Gasteiger partial charge in [0.15, 0.2) is 0 Å². The quantitative estimate of drug-likeness (QED) is 0.501. The van der Waals surface area contributed by atoms with Crippen LogP contribution >= 0.6 is 0 Å². The summed E-state index contributed by atoms with van der Waals surface area (Å²) < 4.78 is 13.7. The van der Waals surface area contributed by atoms with Gasteiger partial charge in [0.05, 0.1) is 0 Å². The van der Waals surface area contributed by atoms with E-state index in [4.69, 9.17) is 9.47 Å². The number of fused-ring (bicyclic) bond motifs is 1. The minimum absolute atomic E-state index is 0.217. The number of aromatic nitrogens is 1. The molecular weight excluding hydrogens is 442 g/mol. The van der Waals surface area contributed by atoms with Crippen LogP contribution in [0.25, 0.3) is 10.9 Å². The van der Waals surface area contributed by atoms with Crippen molar-refractivity contribution in [2.75, 3.05) is 26.2 Å². The van der Waals surface area contributed by atoms with Crippen molar-refractivity contribution in [3.63, 3.8) is 0 Å². The van der Waals surface area contributed by atoms with Crippen LogP contribution in [0.4, 0.5) is 9.59 Å². The molecule has 2 aromatic rings. The van der Waals surface area contributed by atoms with Crippen LogP contribution < -0.4 is 0 Å². The van der Waals surface area contributed by atoms with Gasteiger partial charge in [0.1, 0.15) is 11.2 Å². The Labute approximate surface area is 209 Å². The lowest BCUT2D eigenvalue weighted by Crippen LogP contribution is -2.43. The minimum Gasteiger partial charge on any atom is -0.444 e. The first-order valence-corrected chi connectivity index (χ1v) is 13.0. The standard InChI is InChI=1S/C28H41N3O4/c1-27(2,3)34-25(32)29-15-11-20(12-16-29)24-19-21-9-7-8-10-23(21)31(24)22-13-17-30(18-14-22)26(33)35-28(4,5)6/h7-10,19-20,22H,11-18H2,1-6H3. The number of piperidine rings is 2. The van der Waals surface area contributed by atoms with Crippen LogP contribution in [0, 0.1) is 0 Å². The van der Waals surface area contributed by atoms with Gasteiger partial charge in [-0.1, -0.05) is 18.2 Å². The maximum atomic E-state index is 12.6. The molecule has 0 N–H and O–H groups in total. The number of nitrogens with zero attached hydrogens (tertiary/aromatic N) is 3. The second kappa shape index (κ2) is 9.75. The van der Waals surface area contributed by atoms with Crippen LogP contribution in [0.15, 0.2) is 30.3 Å². The molecule has 192 valence electrons. The highest BCUT2D eigenvalue weighted by Crippen LogP contribution is 2.38. The lowest BCUT2D eigenvalue weighted by atomic mass is 9.92. The normalized spacial score (nSPS) is 18.7. The number of carbonyl (C=O) groups excluding carboxylic acids is 2. The molecule has 1 aromatic heterocycles. The molecule has 0 aliphatic carbocycles. The number of likely N-dealkylation sites (tertiary alicyclic amines) is 2. The first-order chi connectivity index (χ1) is 16.4. The first kappa shape index (κ1) is 25.4. The van der Waals surface area contributed by atoms with E-state index in [2.05, 4.69) is 34.9 Å². The first-order valence-electron chi connectivity index (χ1n) is 13.0. The molecule has 2 amide bonds. The van der Waals surface area contributed by atoms with E-state index in [-0.39, 0.29) is 12.2 Å². The van der Waals surface area contributed by atoms with Gasteiger partial charge in [0, 0.05) is 49.3 Å². The molecule has 0 unspecified atom stereocenters. The molecule has 2 aliphatic heterocycles. The molecule has 0 atom stereocenters. The minimum atomic E-state index is -0.480. The number of benzene rings is 1. The van der Waals surface area contributed by atoms with Crippen LogP contribution in [0.3, 0.4) is 0 Å². The summed E-state index contributed by atoms with van der Waals surface area (Å²) in [5, 5.41) is 1.26. The van der Waals surface area contributed by atoms with Crippen molar-refractivity contribution in [1.82, 2.24) is 14.4 Å². The molecule has 0 spiro atoms. The van der Waals surface area contributed by atoms with Gasteiger partial charge in [0.25, 0.3) is 0 Å². The molecule has 4 rings (SSSR count). The summed E-state index contributed by atoms with van der Waals surface area (Å²) in [5.41, 5.74) is 1.65. The summed E-state index contributed by atoms with van der Waals surface area (Å²) in [6.07, 6.45) is 3.22. The summed E-state index contributed by atoms with van der Waals surface area (Å²) in [7, 11) is 0. The summed E-state index contributed by atoms with van der Waals surface area (Å²) in [4.78, 5) is 28.8. The number of hydrogen-bond acceptors (Lipinski definition) is 4. The summed E-state index contributed by atoms with van der Waals surface area (Å²) in [5.74, 6) is 0.393. The van der Waals surface area contributed by atoms with Gasteiger partial charge in [-0.05, 0) is 84.7 Å². The fraction of sp³-hybridized carbons (Fsp3) is 0.643. The van der Waals surface area contributed by atoms with Crippen molar-refractivity contribution >= 4 is 23.1 Å². The smallest absolute Gasteiger partial charge is 0.410 e. The van der Waals surface area contributed by atoms with Gasteiger partial charge in [-0.2, -0.15) is 0 Å². The third-order valence-electron chi connectivity index (χ3n) is 6.82. The molecule has 2 aliphatic rings. The highest BCUT2D eigenvalue weighted by atomic mass is 16.6. The monoisotopic (exact) mass is 483 g/mol. The van der Waals surface area contributed by atoms with Crippen LogP contribution in [-0.4, -0.2) is 63.9 Å². The Bertz CT molecular complexity index is 1050. The summed E-state index contributed by atoms with van der Waals surface area (Å²) in [6, 6.07) is 11.3. The highest BCUT2D eigenvalue weighted by molar-refractivity contribution is 5.81. The van der Waals surface area contributed by atoms with Crippen LogP contribution in [-0.2, 0) is 9.47 Å². The average molecular weight is 484 g/mol. The Balaban J connectivity index is 1.48. The van der Waals surface area contributed by atoms with E-state index in [1.807, 2.05) is 51.3 Å². The lowest BCUT2D eigenvalue weighted by Gasteiger charge is -2.37. The Kier molecular flexibility index (Phi) is 7.07. The van der Waals surface area contributed by atoms with E-state index < -0.39 is 11.2 Å². The van der Waals surface area contributed by atoms with Crippen molar-refractivity contribution in [2.45, 2.75) is 90.4 Å². The highest BCUT2D eigenvalue weighted by Gasteiger charge is 2.33. The summed E-state index contributed by atoms with van der Waals surface area (Å²) in [6.45, 7) is 14.2. The summed E-state index contributed by atoms with van der Waals surface area (Å²) >= 11 is 0. The fourth-order valence-corrected chi connectivity index (χ4v) is 5.24. The largest absolute Gasteiger partial charge is 0.444 e. The zero-order chi connectivity index (χ0) is 25.4. The van der Waals surface area contributed by atoms with Crippen molar-refractivity contribution in [3.8, 4) is 0 Å². The van der Waals surface area contributed by atoms with Gasteiger partial charge in [-0.15, -0.1) is 0 Å². The lowest BCUT2D eigenvalue weighted by molar-refractivity contribution is 0.0175. The molecule has 0 radical (unpaired) electrons. The van der Waals surface area contributed by atoms with Gasteiger partial charge < -0.3 is 23.8 Å².